The van der Waals surface area contributed by atoms with Crippen LogP contribution < -0.4 is 10.9 Å². The quantitative estimate of drug-likeness (QED) is 0.235. The van der Waals surface area contributed by atoms with Crippen LogP contribution >= 0.6 is 0 Å². The number of rotatable bonds is 6. The summed E-state index contributed by atoms with van der Waals surface area (Å²) in [6.07, 6.45) is 1.25. The van der Waals surface area contributed by atoms with E-state index in [1.165, 1.54) is 6.92 Å². The average molecular weight is 532 g/mol. The van der Waals surface area contributed by atoms with Gasteiger partial charge in [0.15, 0.2) is 5.82 Å². The smallest absolute Gasteiger partial charge is 0.221 e. The summed E-state index contributed by atoms with van der Waals surface area (Å²) in [6.45, 7) is 5.69. The summed E-state index contributed by atoms with van der Waals surface area (Å²) >= 11 is 0. The Bertz CT molecular complexity index is 1950. The van der Waals surface area contributed by atoms with Gasteiger partial charge in [-0.15, -0.1) is 10.2 Å². The fourth-order valence-corrected chi connectivity index (χ4v) is 5.26. The lowest BCUT2D eigenvalue weighted by atomic mass is 10.0. The normalized spacial score (nSPS) is 12.2. The number of carbonyl (C=O) groups is 1. The second-order valence-corrected chi connectivity index (χ2v) is 9.98. The fourth-order valence-electron chi connectivity index (χ4n) is 5.26. The van der Waals surface area contributed by atoms with Crippen LogP contribution in [0.3, 0.4) is 0 Å². The average Bonchev–Trinajstić information content (AvgIpc) is 3.53. The van der Waals surface area contributed by atoms with Crippen LogP contribution in [-0.4, -0.2) is 35.3 Å². The number of aliphatic hydroxyl groups is 1. The summed E-state index contributed by atoms with van der Waals surface area (Å²) in [6, 6.07) is 23.3. The molecule has 6 aromatic rings. The van der Waals surface area contributed by atoms with Crippen LogP contribution in [0.1, 0.15) is 36.6 Å². The first-order chi connectivity index (χ1) is 19.3. The van der Waals surface area contributed by atoms with E-state index in [0.29, 0.717) is 34.9 Å². The Balaban J connectivity index is 1.47. The first-order valence-electron chi connectivity index (χ1n) is 13.1. The van der Waals surface area contributed by atoms with Gasteiger partial charge in [0, 0.05) is 29.6 Å². The molecule has 0 fully saturated rings. The van der Waals surface area contributed by atoms with Crippen molar-refractivity contribution in [2.24, 2.45) is 0 Å². The number of hydrogen-bond donors (Lipinski definition) is 4. The number of carbonyl (C=O) groups excluding carboxylic acids is 1. The minimum Gasteiger partial charge on any atom is -0.389 e. The van der Waals surface area contributed by atoms with Crippen LogP contribution in [0, 0.1) is 12.3 Å². The van der Waals surface area contributed by atoms with E-state index in [1.807, 2.05) is 64.7 Å². The fraction of sp³-hybridized carbons (Fsp3) is 0.161. The molecular formula is C31H29N7O2. The van der Waals surface area contributed by atoms with E-state index in [1.54, 1.807) is 25.1 Å². The molecule has 0 radical (unpaired) electrons. The van der Waals surface area contributed by atoms with E-state index in [9.17, 15) is 15.3 Å². The van der Waals surface area contributed by atoms with Crippen molar-refractivity contribution < 1.29 is 9.90 Å². The van der Waals surface area contributed by atoms with Crippen molar-refractivity contribution in [2.45, 2.75) is 33.4 Å². The summed E-state index contributed by atoms with van der Waals surface area (Å²) in [5.41, 5.74) is 7.79. The Morgan fingerprint density at radius 2 is 1.90 bits per heavy atom. The SMILES string of the molecule is CC(=O)Nc1ccc(C(C)O)cc1-c1ccc(-n2c(=N)n(Cc3cccc4[nH]ccc34)c3cccc(C)c32)nn1. The number of amides is 1. The lowest BCUT2D eigenvalue weighted by molar-refractivity contribution is -0.114. The van der Waals surface area contributed by atoms with Crippen molar-refractivity contribution in [1.82, 2.24) is 24.3 Å². The monoisotopic (exact) mass is 531 g/mol. The predicted molar refractivity (Wildman–Crippen MR) is 155 cm³/mol. The van der Waals surface area contributed by atoms with Gasteiger partial charge in [-0.2, -0.15) is 0 Å². The summed E-state index contributed by atoms with van der Waals surface area (Å²) in [4.78, 5) is 15.1. The maximum atomic E-state index is 11.8. The largest absolute Gasteiger partial charge is 0.389 e. The van der Waals surface area contributed by atoms with Crippen molar-refractivity contribution in [3.63, 3.8) is 0 Å². The van der Waals surface area contributed by atoms with Gasteiger partial charge in [-0.1, -0.05) is 30.3 Å². The Hall–Kier alpha value is -5.02. The number of anilines is 1. The number of para-hydroxylation sites is 1. The van der Waals surface area contributed by atoms with E-state index in [2.05, 4.69) is 32.6 Å². The molecule has 4 N–H and O–H groups in total. The summed E-state index contributed by atoms with van der Waals surface area (Å²) < 4.78 is 3.81. The maximum absolute atomic E-state index is 11.8. The third kappa shape index (κ3) is 4.36. The maximum Gasteiger partial charge on any atom is 0.221 e. The van der Waals surface area contributed by atoms with Crippen LogP contribution in [0.15, 0.2) is 79.0 Å². The molecule has 9 nitrogen and oxygen atoms in total. The molecule has 3 aromatic carbocycles. The van der Waals surface area contributed by atoms with Gasteiger partial charge in [0.05, 0.1) is 35.1 Å². The molecule has 1 unspecified atom stereocenters. The van der Waals surface area contributed by atoms with Gasteiger partial charge in [0.2, 0.25) is 11.5 Å². The number of aromatic amines is 1. The summed E-state index contributed by atoms with van der Waals surface area (Å²) in [5.74, 6) is 0.308. The van der Waals surface area contributed by atoms with Crippen LogP contribution in [-0.2, 0) is 11.3 Å². The minimum absolute atomic E-state index is 0.205. The van der Waals surface area contributed by atoms with E-state index in [0.717, 1.165) is 33.1 Å². The third-order valence-corrected chi connectivity index (χ3v) is 7.20. The van der Waals surface area contributed by atoms with Crippen molar-refractivity contribution in [3.05, 3.63) is 101 Å². The third-order valence-electron chi connectivity index (χ3n) is 7.20. The number of aliphatic hydroxyl groups excluding tert-OH is 1. The Morgan fingerprint density at radius 3 is 2.65 bits per heavy atom. The zero-order valence-corrected chi connectivity index (χ0v) is 22.4. The molecule has 0 aliphatic heterocycles. The molecule has 200 valence electrons. The summed E-state index contributed by atoms with van der Waals surface area (Å²) in [5, 5.41) is 32.3. The number of aromatic nitrogens is 5. The number of benzene rings is 3. The van der Waals surface area contributed by atoms with Crippen LogP contribution in [0.5, 0.6) is 0 Å². The van der Waals surface area contributed by atoms with Crippen LogP contribution in [0.4, 0.5) is 5.69 Å². The molecule has 0 spiro atoms. The molecule has 0 saturated carbocycles. The van der Waals surface area contributed by atoms with E-state index in [-0.39, 0.29) is 11.5 Å². The van der Waals surface area contributed by atoms with E-state index >= 15 is 0 Å². The van der Waals surface area contributed by atoms with E-state index in [4.69, 9.17) is 0 Å². The molecule has 0 saturated heterocycles. The van der Waals surface area contributed by atoms with Gasteiger partial charge >= 0.3 is 0 Å². The first-order valence-corrected chi connectivity index (χ1v) is 13.1. The molecule has 3 aromatic heterocycles. The number of imidazole rings is 1. The molecule has 1 amide bonds. The predicted octanol–water partition coefficient (Wildman–Crippen LogP) is 5.22. The molecule has 0 aliphatic carbocycles. The number of aryl methyl sites for hydroxylation is 1. The topological polar surface area (TPSA) is 125 Å². The number of hydrogen-bond acceptors (Lipinski definition) is 5. The molecule has 1 atom stereocenters. The highest BCUT2D eigenvalue weighted by Gasteiger charge is 2.18. The lowest BCUT2D eigenvalue weighted by Gasteiger charge is -2.13. The van der Waals surface area contributed by atoms with Gasteiger partial charge in [-0.05, 0) is 73.0 Å². The molecule has 0 aliphatic rings. The van der Waals surface area contributed by atoms with Gasteiger partial charge in [0.25, 0.3) is 0 Å². The zero-order valence-electron chi connectivity index (χ0n) is 22.4. The zero-order chi connectivity index (χ0) is 28.0. The molecule has 40 heavy (non-hydrogen) atoms. The minimum atomic E-state index is -0.676. The second kappa shape index (κ2) is 9.94. The summed E-state index contributed by atoms with van der Waals surface area (Å²) in [7, 11) is 0. The number of H-pyrrole nitrogens is 1. The lowest BCUT2D eigenvalue weighted by Crippen LogP contribution is -2.25. The Labute approximate surface area is 230 Å². The molecule has 3 heterocycles. The molecule has 9 heteroatoms. The number of nitrogens with one attached hydrogen (secondary N) is 3. The van der Waals surface area contributed by atoms with Gasteiger partial charge in [-0.3, -0.25) is 14.8 Å². The molecular weight excluding hydrogens is 502 g/mol. The Kier molecular flexibility index (Phi) is 6.28. The van der Waals surface area contributed by atoms with Gasteiger partial charge in [-0.25, -0.2) is 0 Å². The highest BCUT2D eigenvalue weighted by atomic mass is 16.3. The Morgan fingerprint density at radius 1 is 1.07 bits per heavy atom. The van der Waals surface area contributed by atoms with Crippen molar-refractivity contribution >= 4 is 33.5 Å². The number of fused-ring (bicyclic) bond motifs is 2. The first kappa shape index (κ1) is 25.3. The highest BCUT2D eigenvalue weighted by Crippen LogP contribution is 2.30. The standard InChI is InChI=1S/C31H29N7O2/c1-18-6-4-9-28-30(18)38(31(32)37(28)17-22-7-5-8-25-23(22)14-15-33-25)29-13-12-27(35-36-29)24-16-21(19(2)39)10-11-26(24)34-20(3)40/h4-16,19,32-33,39H,17H2,1-3H3,(H,34,40). The molecule has 6 rings (SSSR count). The van der Waals surface area contributed by atoms with Crippen molar-refractivity contribution in [1.29, 1.82) is 5.41 Å². The number of nitrogens with zero attached hydrogens (tertiary/aromatic N) is 4. The van der Waals surface area contributed by atoms with Crippen molar-refractivity contribution in [2.75, 3.05) is 5.32 Å². The van der Waals surface area contributed by atoms with Gasteiger partial charge in [0.1, 0.15) is 0 Å². The highest BCUT2D eigenvalue weighted by molar-refractivity contribution is 5.93. The van der Waals surface area contributed by atoms with Crippen LogP contribution in [0.25, 0.3) is 39.0 Å². The van der Waals surface area contributed by atoms with E-state index < -0.39 is 6.10 Å². The van der Waals surface area contributed by atoms with Gasteiger partial charge < -0.3 is 20.0 Å². The van der Waals surface area contributed by atoms with Crippen molar-refractivity contribution in [3.8, 4) is 17.1 Å². The second-order valence-electron chi connectivity index (χ2n) is 9.98. The van der Waals surface area contributed by atoms with Crippen LogP contribution in [0.2, 0.25) is 0 Å². The molecule has 0 bridgehead atoms.